The van der Waals surface area contributed by atoms with E-state index in [0.717, 1.165) is 70.9 Å². The fourth-order valence-electron chi connectivity index (χ4n) is 5.34. The van der Waals surface area contributed by atoms with Crippen molar-refractivity contribution in [2.75, 3.05) is 13.1 Å². The first kappa shape index (κ1) is 21.6. The molecule has 0 aromatic heterocycles. The molecule has 1 saturated heterocycles. The molecule has 1 amide bonds. The van der Waals surface area contributed by atoms with E-state index >= 15 is 0 Å². The van der Waals surface area contributed by atoms with Gasteiger partial charge in [0, 0.05) is 25.4 Å². The van der Waals surface area contributed by atoms with E-state index in [2.05, 4.69) is 19.1 Å². The second kappa shape index (κ2) is 10.6. The molecular formula is C24H39NO3. The molecule has 0 spiro atoms. The number of rotatable bonds is 10. The molecule has 0 bridgehead atoms. The van der Waals surface area contributed by atoms with E-state index in [9.17, 15) is 15.0 Å². The van der Waals surface area contributed by atoms with Crippen molar-refractivity contribution in [3.05, 3.63) is 23.8 Å². The molecule has 0 unspecified atom stereocenters. The van der Waals surface area contributed by atoms with E-state index in [1.54, 1.807) is 0 Å². The maximum Gasteiger partial charge on any atom is 0.222 e. The number of carbonyl (C=O) groups is 1. The molecule has 2 aliphatic carbocycles. The molecule has 5 atom stereocenters. The van der Waals surface area contributed by atoms with Crippen LogP contribution in [0.2, 0.25) is 0 Å². The quantitative estimate of drug-likeness (QED) is 0.434. The lowest BCUT2D eigenvalue weighted by Crippen LogP contribution is -2.27. The maximum atomic E-state index is 12.2. The van der Waals surface area contributed by atoms with Crippen LogP contribution >= 0.6 is 0 Å². The summed E-state index contributed by atoms with van der Waals surface area (Å²) in [6.45, 7) is 4.06. The first-order valence-electron chi connectivity index (χ1n) is 11.6. The van der Waals surface area contributed by atoms with Crippen LogP contribution in [0.5, 0.6) is 0 Å². The summed E-state index contributed by atoms with van der Waals surface area (Å²) in [5.41, 5.74) is 1.47. The van der Waals surface area contributed by atoms with Crippen molar-refractivity contribution in [3.63, 3.8) is 0 Å². The number of allylic oxidation sites excluding steroid dienone is 2. The number of hydrogen-bond acceptors (Lipinski definition) is 3. The van der Waals surface area contributed by atoms with E-state index < -0.39 is 0 Å². The predicted octanol–water partition coefficient (Wildman–Crippen LogP) is 4.22. The molecular weight excluding hydrogens is 350 g/mol. The van der Waals surface area contributed by atoms with Crippen LogP contribution in [0.4, 0.5) is 0 Å². The van der Waals surface area contributed by atoms with Gasteiger partial charge in [0.1, 0.15) is 0 Å². The minimum absolute atomic E-state index is 0.158. The SMILES string of the molecule is CCCCC[C@H](O)C=C[C@@H]1[C@H]2CC(CCCC(=O)N3CCCC3)=C[C@H]2C[C@H]1O. The van der Waals surface area contributed by atoms with Gasteiger partial charge in [-0.05, 0) is 56.8 Å². The topological polar surface area (TPSA) is 60.8 Å². The molecule has 0 radical (unpaired) electrons. The largest absolute Gasteiger partial charge is 0.392 e. The van der Waals surface area contributed by atoms with Gasteiger partial charge in [-0.1, -0.05) is 50.0 Å². The normalized spacial score (nSPS) is 30.8. The second-order valence-corrected chi connectivity index (χ2v) is 9.13. The predicted molar refractivity (Wildman–Crippen MR) is 113 cm³/mol. The first-order chi connectivity index (χ1) is 13.6. The summed E-state index contributed by atoms with van der Waals surface area (Å²) < 4.78 is 0. The smallest absolute Gasteiger partial charge is 0.222 e. The minimum Gasteiger partial charge on any atom is -0.392 e. The van der Waals surface area contributed by atoms with Gasteiger partial charge in [-0.3, -0.25) is 4.79 Å². The van der Waals surface area contributed by atoms with E-state index in [1.165, 1.54) is 12.0 Å². The average molecular weight is 390 g/mol. The number of unbranched alkanes of at least 4 members (excludes halogenated alkanes) is 2. The van der Waals surface area contributed by atoms with Crippen LogP contribution in [-0.2, 0) is 4.79 Å². The Kier molecular flexibility index (Phi) is 8.16. The van der Waals surface area contributed by atoms with Crippen LogP contribution in [0.3, 0.4) is 0 Å². The molecule has 0 aromatic rings. The van der Waals surface area contributed by atoms with Crippen molar-refractivity contribution in [2.24, 2.45) is 17.8 Å². The Bertz CT molecular complexity index is 564. The van der Waals surface area contributed by atoms with Gasteiger partial charge in [-0.25, -0.2) is 0 Å². The lowest BCUT2D eigenvalue weighted by Gasteiger charge is -2.19. The summed E-state index contributed by atoms with van der Waals surface area (Å²) in [5, 5.41) is 20.6. The van der Waals surface area contributed by atoms with E-state index in [1.807, 2.05) is 11.0 Å². The maximum absolute atomic E-state index is 12.2. The molecule has 2 fully saturated rings. The molecule has 28 heavy (non-hydrogen) atoms. The minimum atomic E-state index is -0.386. The summed E-state index contributed by atoms with van der Waals surface area (Å²) in [4.78, 5) is 14.2. The molecule has 1 heterocycles. The van der Waals surface area contributed by atoms with Crippen LogP contribution in [0.25, 0.3) is 0 Å². The second-order valence-electron chi connectivity index (χ2n) is 9.13. The zero-order chi connectivity index (χ0) is 19.9. The van der Waals surface area contributed by atoms with Gasteiger partial charge in [0.25, 0.3) is 0 Å². The van der Waals surface area contributed by atoms with Crippen molar-refractivity contribution >= 4 is 5.91 Å². The molecule has 3 aliphatic rings. The number of aliphatic hydroxyl groups excluding tert-OH is 2. The third-order valence-corrected chi connectivity index (χ3v) is 6.96. The Hall–Kier alpha value is -1.13. The molecule has 3 rings (SSSR count). The lowest BCUT2D eigenvalue weighted by molar-refractivity contribution is -0.130. The van der Waals surface area contributed by atoms with Crippen LogP contribution in [0, 0.1) is 17.8 Å². The fourth-order valence-corrected chi connectivity index (χ4v) is 5.34. The van der Waals surface area contributed by atoms with E-state index in [0.29, 0.717) is 24.2 Å². The number of hydrogen-bond donors (Lipinski definition) is 2. The van der Waals surface area contributed by atoms with Crippen LogP contribution in [0.1, 0.15) is 77.6 Å². The number of likely N-dealkylation sites (tertiary alicyclic amines) is 1. The highest BCUT2D eigenvalue weighted by molar-refractivity contribution is 5.76. The summed E-state index contributed by atoms with van der Waals surface area (Å²) in [6.07, 6.45) is 16.7. The van der Waals surface area contributed by atoms with Crippen molar-refractivity contribution < 1.29 is 15.0 Å². The van der Waals surface area contributed by atoms with Crippen molar-refractivity contribution in [1.29, 1.82) is 0 Å². The molecule has 158 valence electrons. The number of carbonyl (C=O) groups excluding carboxylic acids is 1. The Labute approximate surface area is 170 Å². The Morgan fingerprint density at radius 2 is 2.07 bits per heavy atom. The molecule has 1 saturated carbocycles. The van der Waals surface area contributed by atoms with Gasteiger partial charge < -0.3 is 15.1 Å². The average Bonchev–Trinajstić information content (AvgIpc) is 3.37. The van der Waals surface area contributed by atoms with Crippen LogP contribution in [0.15, 0.2) is 23.8 Å². The van der Waals surface area contributed by atoms with Crippen LogP contribution < -0.4 is 0 Å². The molecule has 4 nitrogen and oxygen atoms in total. The highest BCUT2D eigenvalue weighted by atomic mass is 16.3. The van der Waals surface area contributed by atoms with E-state index in [4.69, 9.17) is 0 Å². The van der Waals surface area contributed by atoms with Gasteiger partial charge >= 0.3 is 0 Å². The zero-order valence-electron chi connectivity index (χ0n) is 17.6. The van der Waals surface area contributed by atoms with E-state index in [-0.39, 0.29) is 18.1 Å². The fraction of sp³-hybridized carbons (Fsp3) is 0.792. The van der Waals surface area contributed by atoms with Crippen LogP contribution in [-0.4, -0.2) is 46.3 Å². The third-order valence-electron chi connectivity index (χ3n) is 6.96. The third kappa shape index (κ3) is 5.70. The Balaban J connectivity index is 1.42. The van der Waals surface area contributed by atoms with Crippen molar-refractivity contribution in [3.8, 4) is 0 Å². The Morgan fingerprint density at radius 1 is 1.29 bits per heavy atom. The van der Waals surface area contributed by atoms with Crippen molar-refractivity contribution in [2.45, 2.75) is 89.8 Å². The standard InChI is InChI=1S/C24H39NO3/c1-2-3-4-9-20(26)11-12-21-22-16-18(15-19(22)17-23(21)27)8-7-10-24(28)25-13-5-6-14-25/h11-12,15,19-23,26-27H,2-10,13-14,16-17H2,1H3/t19-,20-,21+,22-,23+/m0/s1. The molecule has 4 heteroatoms. The van der Waals surface area contributed by atoms with Gasteiger partial charge in [0.05, 0.1) is 12.2 Å². The van der Waals surface area contributed by atoms with Gasteiger partial charge in [0.15, 0.2) is 0 Å². The highest BCUT2D eigenvalue weighted by Crippen LogP contribution is 2.48. The lowest BCUT2D eigenvalue weighted by atomic mass is 9.88. The summed E-state index contributed by atoms with van der Waals surface area (Å²) in [7, 11) is 0. The number of aliphatic hydroxyl groups is 2. The molecule has 2 N–H and O–H groups in total. The Morgan fingerprint density at radius 3 is 2.82 bits per heavy atom. The molecule has 1 aliphatic heterocycles. The van der Waals surface area contributed by atoms with Gasteiger partial charge in [-0.2, -0.15) is 0 Å². The number of nitrogens with zero attached hydrogens (tertiary/aromatic N) is 1. The summed E-state index contributed by atoms with van der Waals surface area (Å²) in [6, 6.07) is 0. The monoisotopic (exact) mass is 389 g/mol. The highest BCUT2D eigenvalue weighted by Gasteiger charge is 2.43. The number of fused-ring (bicyclic) bond motifs is 1. The molecule has 0 aromatic carbocycles. The van der Waals surface area contributed by atoms with Gasteiger partial charge in [0.2, 0.25) is 5.91 Å². The zero-order valence-corrected chi connectivity index (χ0v) is 17.6. The van der Waals surface area contributed by atoms with Crippen molar-refractivity contribution in [1.82, 2.24) is 4.90 Å². The number of amides is 1. The first-order valence-corrected chi connectivity index (χ1v) is 11.6. The summed E-state index contributed by atoms with van der Waals surface area (Å²) >= 11 is 0. The van der Waals surface area contributed by atoms with Gasteiger partial charge in [-0.15, -0.1) is 0 Å². The summed E-state index contributed by atoms with van der Waals surface area (Å²) in [5.74, 6) is 1.42.